The van der Waals surface area contributed by atoms with Crippen LogP contribution >= 0.6 is 11.6 Å². The van der Waals surface area contributed by atoms with Gasteiger partial charge in [-0.05, 0) is 66.7 Å². The first-order chi connectivity index (χ1) is 19.6. The number of piperidine rings is 1. The maximum absolute atomic E-state index is 12.9. The Morgan fingerprint density at radius 1 is 0.900 bits per heavy atom. The van der Waals surface area contributed by atoms with Crippen molar-refractivity contribution < 1.29 is 9.32 Å². The van der Waals surface area contributed by atoms with Crippen LogP contribution in [0.1, 0.15) is 41.0 Å². The third kappa shape index (κ3) is 6.61. The van der Waals surface area contributed by atoms with Crippen molar-refractivity contribution in [2.75, 3.05) is 19.6 Å². The fourth-order valence-corrected chi connectivity index (χ4v) is 5.84. The number of aromatic nitrogens is 2. The van der Waals surface area contributed by atoms with Crippen LogP contribution < -0.4 is 5.32 Å². The molecule has 0 aliphatic carbocycles. The summed E-state index contributed by atoms with van der Waals surface area (Å²) >= 11 is 6.08. The van der Waals surface area contributed by atoms with Gasteiger partial charge in [0, 0.05) is 42.7 Å². The molecule has 0 spiro atoms. The van der Waals surface area contributed by atoms with Gasteiger partial charge < -0.3 is 9.84 Å². The van der Waals surface area contributed by atoms with Crippen LogP contribution in [0.15, 0.2) is 77.3 Å². The van der Waals surface area contributed by atoms with Crippen molar-refractivity contribution in [2.45, 2.75) is 45.4 Å². The molecular formula is C32H34ClN5O2. The van der Waals surface area contributed by atoms with Gasteiger partial charge in [-0.1, -0.05) is 77.4 Å². The second kappa shape index (κ2) is 12.3. The zero-order chi connectivity index (χ0) is 27.3. The van der Waals surface area contributed by atoms with E-state index in [1.807, 2.05) is 24.3 Å². The smallest absolute Gasteiger partial charge is 0.241 e. The Morgan fingerprint density at radius 2 is 1.68 bits per heavy atom. The number of halogens is 1. The molecule has 3 aromatic carbocycles. The van der Waals surface area contributed by atoms with Gasteiger partial charge in [0.05, 0.1) is 6.54 Å². The van der Waals surface area contributed by atoms with Crippen molar-refractivity contribution >= 4 is 17.5 Å². The molecule has 1 aromatic heterocycles. The predicted molar refractivity (Wildman–Crippen MR) is 155 cm³/mol. The van der Waals surface area contributed by atoms with E-state index in [1.54, 1.807) is 0 Å². The van der Waals surface area contributed by atoms with E-state index in [2.05, 4.69) is 73.8 Å². The van der Waals surface area contributed by atoms with Crippen LogP contribution in [0.3, 0.4) is 0 Å². The number of fused-ring (bicyclic) bond motifs is 1. The number of nitrogens with zero attached hydrogens (tertiary/aromatic N) is 4. The highest BCUT2D eigenvalue weighted by Crippen LogP contribution is 2.23. The first-order valence-corrected chi connectivity index (χ1v) is 14.4. The Kier molecular flexibility index (Phi) is 8.23. The highest BCUT2D eigenvalue weighted by Gasteiger charge is 2.26. The fraction of sp³-hybridized carbons (Fsp3) is 0.344. The number of hydrogen-bond acceptors (Lipinski definition) is 6. The van der Waals surface area contributed by atoms with Gasteiger partial charge in [-0.2, -0.15) is 4.98 Å². The van der Waals surface area contributed by atoms with E-state index in [1.165, 1.54) is 16.7 Å². The summed E-state index contributed by atoms with van der Waals surface area (Å²) in [6, 6.07) is 24.8. The van der Waals surface area contributed by atoms with E-state index in [4.69, 9.17) is 16.1 Å². The summed E-state index contributed by atoms with van der Waals surface area (Å²) < 4.78 is 5.46. The SMILES string of the molecule is O=C(NCc1ccc(CN2CCc3ccccc3C2)cc1)C1CCN(Cc2nc(-c3cccc(Cl)c3)no2)CC1. The minimum atomic E-state index is 0.0298. The third-order valence-corrected chi connectivity index (χ3v) is 8.21. The molecule has 40 heavy (non-hydrogen) atoms. The first-order valence-electron chi connectivity index (χ1n) is 14.0. The molecule has 2 aliphatic rings. The van der Waals surface area contributed by atoms with Crippen molar-refractivity contribution in [2.24, 2.45) is 5.92 Å². The number of rotatable bonds is 8. The van der Waals surface area contributed by atoms with Gasteiger partial charge in [0.2, 0.25) is 17.6 Å². The van der Waals surface area contributed by atoms with Gasteiger partial charge in [0.15, 0.2) is 0 Å². The fourth-order valence-electron chi connectivity index (χ4n) is 5.65. The summed E-state index contributed by atoms with van der Waals surface area (Å²) in [4.78, 5) is 22.2. The Bertz CT molecular complexity index is 1450. The van der Waals surface area contributed by atoms with Crippen molar-refractivity contribution in [3.63, 3.8) is 0 Å². The average Bonchev–Trinajstić information content (AvgIpc) is 3.45. The average molecular weight is 556 g/mol. The lowest BCUT2D eigenvalue weighted by Crippen LogP contribution is -2.40. The minimum absolute atomic E-state index is 0.0298. The molecule has 0 radical (unpaired) electrons. The van der Waals surface area contributed by atoms with Gasteiger partial charge in [0.1, 0.15) is 0 Å². The summed E-state index contributed by atoms with van der Waals surface area (Å²) in [6.45, 7) is 5.83. The topological polar surface area (TPSA) is 74.5 Å². The zero-order valence-corrected chi connectivity index (χ0v) is 23.3. The monoisotopic (exact) mass is 555 g/mol. The van der Waals surface area contributed by atoms with E-state index in [0.717, 1.165) is 63.1 Å². The Hall–Kier alpha value is -3.52. The molecule has 3 heterocycles. The van der Waals surface area contributed by atoms with Crippen LogP contribution in [-0.4, -0.2) is 45.5 Å². The highest BCUT2D eigenvalue weighted by molar-refractivity contribution is 6.30. The summed E-state index contributed by atoms with van der Waals surface area (Å²) in [5.74, 6) is 1.28. The Morgan fingerprint density at radius 3 is 2.48 bits per heavy atom. The number of hydrogen-bond donors (Lipinski definition) is 1. The van der Waals surface area contributed by atoms with Gasteiger partial charge in [-0.25, -0.2) is 0 Å². The molecule has 7 nitrogen and oxygen atoms in total. The molecule has 8 heteroatoms. The van der Waals surface area contributed by atoms with E-state index < -0.39 is 0 Å². The lowest BCUT2D eigenvalue weighted by atomic mass is 9.96. The molecule has 1 fully saturated rings. The standard InChI is InChI=1S/C32H34ClN5O2/c33-29-7-3-6-27(18-29)31-35-30(40-36-31)22-37-15-13-26(14-16-37)32(39)34-19-23-8-10-24(11-9-23)20-38-17-12-25-4-1-2-5-28(25)21-38/h1-11,18,26H,12-17,19-22H2,(H,34,39). The molecular weight excluding hydrogens is 522 g/mol. The number of nitrogens with one attached hydrogen (secondary N) is 1. The van der Waals surface area contributed by atoms with Crippen LogP contribution in [0.4, 0.5) is 0 Å². The van der Waals surface area contributed by atoms with Crippen LogP contribution in [0.5, 0.6) is 0 Å². The molecule has 4 aromatic rings. The van der Waals surface area contributed by atoms with Crippen molar-refractivity contribution in [3.8, 4) is 11.4 Å². The van der Waals surface area contributed by atoms with E-state index in [-0.39, 0.29) is 11.8 Å². The highest BCUT2D eigenvalue weighted by atomic mass is 35.5. The summed E-state index contributed by atoms with van der Waals surface area (Å²) in [7, 11) is 0. The third-order valence-electron chi connectivity index (χ3n) is 7.97. The molecule has 0 bridgehead atoms. The lowest BCUT2D eigenvalue weighted by molar-refractivity contribution is -0.126. The molecule has 6 rings (SSSR count). The molecule has 0 atom stereocenters. The number of carbonyl (C=O) groups excluding carboxylic acids is 1. The molecule has 0 saturated carbocycles. The first kappa shape index (κ1) is 26.7. The zero-order valence-electron chi connectivity index (χ0n) is 22.6. The number of likely N-dealkylation sites (tertiary alicyclic amines) is 1. The van der Waals surface area contributed by atoms with Gasteiger partial charge in [-0.3, -0.25) is 14.6 Å². The molecule has 1 amide bonds. The van der Waals surface area contributed by atoms with E-state index in [9.17, 15) is 4.79 Å². The molecule has 1 saturated heterocycles. The maximum Gasteiger partial charge on any atom is 0.241 e. The second-order valence-corrected chi connectivity index (χ2v) is 11.3. The summed E-state index contributed by atoms with van der Waals surface area (Å²) in [6.07, 6.45) is 2.75. The molecule has 206 valence electrons. The van der Waals surface area contributed by atoms with E-state index in [0.29, 0.717) is 29.8 Å². The van der Waals surface area contributed by atoms with E-state index >= 15 is 0 Å². The van der Waals surface area contributed by atoms with Crippen molar-refractivity contribution in [1.29, 1.82) is 0 Å². The number of amides is 1. The number of carbonyl (C=O) groups is 1. The Labute approximate surface area is 240 Å². The summed E-state index contributed by atoms with van der Waals surface area (Å²) in [5, 5.41) is 7.89. The van der Waals surface area contributed by atoms with Crippen LogP contribution in [0.25, 0.3) is 11.4 Å². The molecule has 1 N–H and O–H groups in total. The second-order valence-electron chi connectivity index (χ2n) is 10.8. The van der Waals surface area contributed by atoms with Gasteiger partial charge in [0.25, 0.3) is 0 Å². The lowest BCUT2D eigenvalue weighted by Gasteiger charge is -2.30. The normalized spacial score (nSPS) is 16.5. The van der Waals surface area contributed by atoms with Crippen LogP contribution in [0, 0.1) is 5.92 Å². The van der Waals surface area contributed by atoms with Gasteiger partial charge in [-0.15, -0.1) is 0 Å². The van der Waals surface area contributed by atoms with Crippen molar-refractivity contribution in [1.82, 2.24) is 25.3 Å². The maximum atomic E-state index is 12.9. The Balaban J connectivity index is 0.928. The quantitative estimate of drug-likeness (QED) is 0.310. The summed E-state index contributed by atoms with van der Waals surface area (Å²) in [5.41, 5.74) is 6.19. The largest absolute Gasteiger partial charge is 0.352 e. The molecule has 0 unspecified atom stereocenters. The molecule has 2 aliphatic heterocycles. The van der Waals surface area contributed by atoms with Gasteiger partial charge >= 0.3 is 0 Å². The predicted octanol–water partition coefficient (Wildman–Crippen LogP) is 5.48. The van der Waals surface area contributed by atoms with Crippen molar-refractivity contribution in [3.05, 3.63) is 106 Å². The van der Waals surface area contributed by atoms with Crippen LogP contribution in [-0.2, 0) is 37.4 Å². The minimum Gasteiger partial charge on any atom is -0.352 e. The van der Waals surface area contributed by atoms with Crippen LogP contribution in [0.2, 0.25) is 5.02 Å². The number of benzene rings is 3.